The third-order valence-electron chi connectivity index (χ3n) is 20.2. The minimum atomic E-state index is -0.920. The first kappa shape index (κ1) is 67.8. The number of thiazole rings is 1. The van der Waals surface area contributed by atoms with Crippen LogP contribution in [0.25, 0.3) is 32.7 Å². The number of aliphatic hydroxyl groups is 1. The molecule has 3 saturated heterocycles. The van der Waals surface area contributed by atoms with Gasteiger partial charge in [0, 0.05) is 79.9 Å². The van der Waals surface area contributed by atoms with Gasteiger partial charge in [-0.1, -0.05) is 82.9 Å². The number of nitrogens with one attached hydrogen (secondary N) is 4. The number of unbranched alkanes of at least 4 members (excludes halogenated alkanes) is 4. The number of likely N-dealkylation sites (tertiary alicyclic amines) is 3. The van der Waals surface area contributed by atoms with Crippen LogP contribution < -0.4 is 26.2 Å². The molecule has 4 fully saturated rings. The summed E-state index contributed by atoms with van der Waals surface area (Å²) in [5.74, 6) is -1.27. The Morgan fingerprint density at radius 2 is 1.48 bits per heavy atom. The molecule has 0 bridgehead atoms. The molecule has 4 atom stereocenters. The number of carbonyl (C=O) groups is 6. The van der Waals surface area contributed by atoms with Gasteiger partial charge in [-0.2, -0.15) is 0 Å². The van der Waals surface area contributed by atoms with E-state index in [1.165, 1.54) is 36.3 Å². The van der Waals surface area contributed by atoms with E-state index >= 15 is 9.18 Å². The highest BCUT2D eigenvalue weighted by Crippen LogP contribution is 2.52. The number of carbonyl (C=O) groups excluding carboxylic acids is 6. The van der Waals surface area contributed by atoms with Gasteiger partial charge in [0.05, 0.1) is 56.9 Å². The Kier molecular flexibility index (Phi) is 20.5. The number of halogens is 1. The Morgan fingerprint density at radius 3 is 2.15 bits per heavy atom. The lowest BCUT2D eigenvalue weighted by Crippen LogP contribution is -2.58. The van der Waals surface area contributed by atoms with Crippen molar-refractivity contribution >= 4 is 75.0 Å². The van der Waals surface area contributed by atoms with Crippen LogP contribution in [-0.2, 0) is 29.4 Å². The lowest BCUT2D eigenvalue weighted by molar-refractivity contribution is -0.144. The van der Waals surface area contributed by atoms with Gasteiger partial charge in [0.2, 0.25) is 29.5 Å². The summed E-state index contributed by atoms with van der Waals surface area (Å²) in [7, 11) is 0. The molecule has 1 aliphatic carbocycles. The first-order valence-electron chi connectivity index (χ1n) is 34.2. The van der Waals surface area contributed by atoms with Crippen LogP contribution in [0.3, 0.4) is 0 Å². The lowest BCUT2D eigenvalue weighted by atomic mass is 9.73. The van der Waals surface area contributed by atoms with Crippen molar-refractivity contribution in [3.8, 4) is 21.7 Å². The summed E-state index contributed by atoms with van der Waals surface area (Å²) in [6.45, 7) is 22.2. The zero-order valence-corrected chi connectivity index (χ0v) is 57.3. The molecule has 5 N–H and O–H groups in total. The fourth-order valence-electron chi connectivity index (χ4n) is 14.8. The molecule has 21 heteroatoms. The molecular weight excluding hydrogens is 1210 g/mol. The molecule has 1 saturated carbocycles. The third-order valence-corrected chi connectivity index (χ3v) is 21.2. The van der Waals surface area contributed by atoms with Crippen molar-refractivity contribution in [2.45, 2.75) is 219 Å². The van der Waals surface area contributed by atoms with Gasteiger partial charge in [-0.3, -0.25) is 28.8 Å². The van der Waals surface area contributed by atoms with E-state index in [0.717, 1.165) is 83.7 Å². The number of hydrogen-bond donors (Lipinski definition) is 5. The second-order valence-electron chi connectivity index (χ2n) is 28.8. The zero-order chi connectivity index (χ0) is 66.9. The van der Waals surface area contributed by atoms with Gasteiger partial charge in [0.25, 0.3) is 5.91 Å². The van der Waals surface area contributed by atoms with Crippen molar-refractivity contribution in [1.29, 1.82) is 0 Å². The number of hydrogen-bond acceptors (Lipinski definition) is 13. The summed E-state index contributed by atoms with van der Waals surface area (Å²) in [5.41, 5.74) is 8.82. The van der Waals surface area contributed by atoms with Crippen LogP contribution in [-0.4, -0.2) is 144 Å². The molecular formula is C73H95FN12O7S. The Bertz CT molecular complexity index is 3780. The van der Waals surface area contributed by atoms with Gasteiger partial charge < -0.3 is 50.5 Å². The molecule has 1 spiro atoms. The van der Waals surface area contributed by atoms with Crippen LogP contribution in [0.4, 0.5) is 21.6 Å². The first-order valence-corrected chi connectivity index (χ1v) is 35.1. The second-order valence-corrected chi connectivity index (χ2v) is 29.6. The van der Waals surface area contributed by atoms with Gasteiger partial charge in [-0.15, -0.1) is 11.3 Å². The molecule has 502 valence electrons. The van der Waals surface area contributed by atoms with Crippen molar-refractivity contribution in [3.05, 3.63) is 106 Å². The van der Waals surface area contributed by atoms with Gasteiger partial charge >= 0.3 is 0 Å². The van der Waals surface area contributed by atoms with E-state index in [2.05, 4.69) is 48.2 Å². The maximum atomic E-state index is 16.0. The Labute approximate surface area is 556 Å². The Balaban J connectivity index is 0.697. The molecule has 11 rings (SSSR count). The average molecular weight is 1300 g/mol. The summed E-state index contributed by atoms with van der Waals surface area (Å²) in [5, 5.41) is 23.0. The normalized spacial score (nSPS) is 20.4. The van der Waals surface area contributed by atoms with E-state index in [4.69, 9.17) is 9.97 Å². The quantitative estimate of drug-likeness (QED) is 0.0400. The van der Waals surface area contributed by atoms with Crippen molar-refractivity contribution in [2.75, 3.05) is 42.9 Å². The van der Waals surface area contributed by atoms with Crippen LogP contribution in [0, 0.1) is 25.1 Å². The zero-order valence-electron chi connectivity index (χ0n) is 56.4. The fraction of sp³-hybridized carbons (Fsp3) is 0.548. The predicted molar refractivity (Wildman–Crippen MR) is 366 cm³/mol. The predicted octanol–water partition coefficient (Wildman–Crippen LogP) is 11.8. The number of fused-ring (bicyclic) bond motifs is 3. The molecule has 0 unspecified atom stereocenters. The van der Waals surface area contributed by atoms with Crippen molar-refractivity contribution in [2.24, 2.45) is 5.41 Å². The van der Waals surface area contributed by atoms with E-state index in [1.807, 2.05) is 114 Å². The van der Waals surface area contributed by atoms with E-state index in [-0.39, 0.29) is 78.8 Å². The van der Waals surface area contributed by atoms with E-state index in [9.17, 15) is 29.1 Å². The molecule has 7 heterocycles. The van der Waals surface area contributed by atoms with E-state index in [0.29, 0.717) is 84.9 Å². The minimum absolute atomic E-state index is 0.00561. The Hall–Kier alpha value is -7.62. The van der Waals surface area contributed by atoms with E-state index in [1.54, 1.807) is 24.6 Å². The summed E-state index contributed by atoms with van der Waals surface area (Å²) in [6, 6.07) is 17.2. The SMILES string of the molecule is Cc1cc(F)c(Nc2nc(-c3ccc4c(c3)N([C@H]3C[C@@H](N5CCCCC5)C3)C(=O)C43CCN(C(=O)CCCCCCCC(=O)N[C@H](C(=O)N4C[C@H](O)C[C@H]4C(=O)N[C@@H](C)c4ccc(-c5scnc5C)cc4)C(C)(C)C)CC3)cc3ncn(C(C)C)c23)cc1C(=O)NC(C)C. The van der Waals surface area contributed by atoms with Crippen LogP contribution in [0.2, 0.25) is 0 Å². The Morgan fingerprint density at radius 1 is 0.787 bits per heavy atom. The number of β-amino-alcohol motifs (C(OH)–C–C–N with tert-alkyl or cyclic N) is 1. The summed E-state index contributed by atoms with van der Waals surface area (Å²) in [4.78, 5) is 108. The monoisotopic (exact) mass is 1300 g/mol. The van der Waals surface area contributed by atoms with Crippen molar-refractivity contribution in [1.82, 2.24) is 50.2 Å². The van der Waals surface area contributed by atoms with Crippen LogP contribution in [0.5, 0.6) is 0 Å². The average Bonchev–Trinajstić information content (AvgIpc) is 1.55. The van der Waals surface area contributed by atoms with Crippen molar-refractivity contribution in [3.63, 3.8) is 0 Å². The molecule has 3 aromatic carbocycles. The number of pyridine rings is 1. The van der Waals surface area contributed by atoms with E-state index < -0.39 is 40.7 Å². The number of rotatable bonds is 22. The minimum Gasteiger partial charge on any atom is -0.391 e. The molecule has 19 nitrogen and oxygen atoms in total. The molecule has 0 radical (unpaired) electrons. The number of piperidine rings is 2. The summed E-state index contributed by atoms with van der Waals surface area (Å²) < 4.78 is 18.0. The maximum absolute atomic E-state index is 16.0. The van der Waals surface area contributed by atoms with Crippen LogP contribution in [0.1, 0.15) is 197 Å². The number of aliphatic hydroxyl groups excluding tert-OH is 1. The number of imidazole rings is 1. The molecule has 3 aromatic heterocycles. The molecule has 4 aliphatic heterocycles. The molecule has 94 heavy (non-hydrogen) atoms. The van der Waals surface area contributed by atoms with Gasteiger partial charge in [0.1, 0.15) is 23.4 Å². The lowest BCUT2D eigenvalue weighted by Gasteiger charge is -2.48. The highest BCUT2D eigenvalue weighted by atomic mass is 32.1. The smallest absolute Gasteiger partial charge is 0.251 e. The highest BCUT2D eigenvalue weighted by Gasteiger charge is 2.56. The highest BCUT2D eigenvalue weighted by molar-refractivity contribution is 7.13. The van der Waals surface area contributed by atoms with Crippen LogP contribution >= 0.6 is 11.3 Å². The number of benzene rings is 3. The maximum Gasteiger partial charge on any atom is 0.251 e. The third kappa shape index (κ3) is 14.3. The van der Waals surface area contributed by atoms with Crippen LogP contribution in [0.15, 0.2) is 72.5 Å². The number of nitrogens with zero attached hydrogens (tertiary/aromatic N) is 8. The second kappa shape index (κ2) is 28.4. The first-order chi connectivity index (χ1) is 44.9. The number of anilines is 3. The largest absolute Gasteiger partial charge is 0.391 e. The summed E-state index contributed by atoms with van der Waals surface area (Å²) in [6.07, 6.45) is 11.8. The van der Waals surface area contributed by atoms with Gasteiger partial charge in [0.15, 0.2) is 5.82 Å². The topological polar surface area (TPSA) is 227 Å². The van der Waals surface area contributed by atoms with Gasteiger partial charge in [-0.05, 0) is 165 Å². The number of aromatic nitrogens is 4. The molecule has 6 aromatic rings. The molecule has 5 aliphatic rings. The summed E-state index contributed by atoms with van der Waals surface area (Å²) >= 11 is 1.57. The standard InChI is InChI=1S/C73H95FN12O7S/c1-43(2)77-68(90)54-38-58(56(74)33-45(54)5)80-67-64-59(75-41-85(64)44(3)4)39-57(79-67)50-25-26-55-60(34-50)86(52-35-51(36-52)82-29-17-14-18-30-82)71(93)73(55)27-31-83(32-28-73)63(89)20-16-13-11-12-15-19-62(88)81-66(72(8,9)10)70(92)84-40-53(87)37-61(84)69(91)78-46(6)48-21-23-49(24-22-48)65-47(7)76-42-94-65/h21-26,33-34,38-39,41-44,46,51-53,61,66,87H,11-20,27-32,35-37,40H2,1-10H3,(H,77,90)(H,78,91)(H,79,80)(H,81,88)/t46-,51-,52+,53+,61-,66+/m0/s1. The van der Waals surface area contributed by atoms with Crippen molar-refractivity contribution < 1.29 is 38.3 Å². The number of aryl methyl sites for hydroxylation is 2. The fourth-order valence-corrected chi connectivity index (χ4v) is 15.6. The number of amides is 6. The molecule has 6 amide bonds. The van der Waals surface area contributed by atoms with Gasteiger partial charge in [-0.25, -0.2) is 19.3 Å².